The lowest BCUT2D eigenvalue weighted by Gasteiger charge is -2.10. The molecule has 1 rings (SSSR count). The second kappa shape index (κ2) is 7.80. The number of nitrogens with one attached hydrogen (secondary N) is 1. The minimum absolute atomic E-state index is 0.113. The lowest BCUT2D eigenvalue weighted by Crippen LogP contribution is -2.18. The van der Waals surface area contributed by atoms with Gasteiger partial charge in [-0.3, -0.25) is 0 Å². The quantitative estimate of drug-likeness (QED) is 0.752. The Balaban J connectivity index is 2.30. The molecule has 0 aromatic heterocycles. The van der Waals surface area contributed by atoms with Gasteiger partial charge >= 0.3 is 0 Å². The van der Waals surface area contributed by atoms with Gasteiger partial charge in [0.05, 0.1) is 5.56 Å². The van der Waals surface area contributed by atoms with Gasteiger partial charge in [-0.1, -0.05) is 12.1 Å². The van der Waals surface area contributed by atoms with Gasteiger partial charge in [-0.15, -0.1) is 0 Å². The zero-order chi connectivity index (χ0) is 13.4. The number of rotatable bonds is 7. The van der Waals surface area contributed by atoms with Gasteiger partial charge in [0.1, 0.15) is 11.9 Å². The monoisotopic (exact) mass is 249 g/mol. The molecule has 1 aromatic rings. The minimum Gasteiger partial charge on any atom is -0.313 e. The molecule has 98 valence electrons. The highest BCUT2D eigenvalue weighted by Crippen LogP contribution is 2.11. The molecule has 0 bridgehead atoms. The number of nitrogens with zero attached hydrogens (tertiary/aromatic N) is 2. The molecule has 0 aliphatic rings. The highest BCUT2D eigenvalue weighted by atomic mass is 19.1. The number of nitriles is 1. The van der Waals surface area contributed by atoms with E-state index in [2.05, 4.69) is 24.3 Å². The zero-order valence-electron chi connectivity index (χ0n) is 11.0. The maximum Gasteiger partial charge on any atom is 0.145 e. The van der Waals surface area contributed by atoms with Gasteiger partial charge in [-0.2, -0.15) is 5.26 Å². The Morgan fingerprint density at radius 2 is 2.11 bits per heavy atom. The minimum atomic E-state index is -0.402. The molecule has 3 nitrogen and oxygen atoms in total. The van der Waals surface area contributed by atoms with E-state index in [1.807, 2.05) is 6.07 Å². The summed E-state index contributed by atoms with van der Waals surface area (Å²) in [6, 6.07) is 6.77. The second-order valence-electron chi connectivity index (χ2n) is 4.58. The number of unbranched alkanes of at least 4 members (excludes halogenated alkanes) is 1. The predicted molar refractivity (Wildman–Crippen MR) is 70.6 cm³/mol. The molecular weight excluding hydrogens is 229 g/mol. The van der Waals surface area contributed by atoms with Crippen molar-refractivity contribution in [2.24, 2.45) is 0 Å². The fourth-order valence-electron chi connectivity index (χ4n) is 1.70. The van der Waals surface area contributed by atoms with Crippen LogP contribution < -0.4 is 5.32 Å². The molecule has 1 N–H and O–H groups in total. The first-order chi connectivity index (χ1) is 8.65. The van der Waals surface area contributed by atoms with Gasteiger partial charge in [0.2, 0.25) is 0 Å². The van der Waals surface area contributed by atoms with Crippen molar-refractivity contribution in [2.75, 3.05) is 27.2 Å². The molecule has 18 heavy (non-hydrogen) atoms. The Morgan fingerprint density at radius 3 is 2.78 bits per heavy atom. The highest BCUT2D eigenvalue weighted by Gasteiger charge is 2.06. The average molecular weight is 249 g/mol. The Hall–Kier alpha value is -1.44. The Bertz CT molecular complexity index is 410. The molecule has 1 aromatic carbocycles. The van der Waals surface area contributed by atoms with E-state index in [-0.39, 0.29) is 5.56 Å². The van der Waals surface area contributed by atoms with E-state index in [9.17, 15) is 4.39 Å². The van der Waals surface area contributed by atoms with Crippen molar-refractivity contribution in [1.29, 1.82) is 5.26 Å². The van der Waals surface area contributed by atoms with Crippen LogP contribution in [0.1, 0.15) is 24.0 Å². The van der Waals surface area contributed by atoms with Crippen LogP contribution in [0.5, 0.6) is 0 Å². The van der Waals surface area contributed by atoms with Crippen molar-refractivity contribution < 1.29 is 4.39 Å². The first-order valence-electron chi connectivity index (χ1n) is 6.18. The Kier molecular flexibility index (Phi) is 6.34. The summed E-state index contributed by atoms with van der Waals surface area (Å²) >= 11 is 0. The van der Waals surface area contributed by atoms with Gasteiger partial charge < -0.3 is 10.2 Å². The van der Waals surface area contributed by atoms with Crippen LogP contribution in [-0.4, -0.2) is 32.1 Å². The van der Waals surface area contributed by atoms with Crippen LogP contribution in [-0.2, 0) is 6.54 Å². The fourth-order valence-corrected chi connectivity index (χ4v) is 1.70. The van der Waals surface area contributed by atoms with E-state index in [0.717, 1.165) is 25.9 Å². The van der Waals surface area contributed by atoms with Crippen molar-refractivity contribution in [3.8, 4) is 6.07 Å². The largest absolute Gasteiger partial charge is 0.313 e. The van der Waals surface area contributed by atoms with Crippen molar-refractivity contribution in [3.63, 3.8) is 0 Å². The summed E-state index contributed by atoms with van der Waals surface area (Å²) in [5.74, 6) is -0.402. The molecule has 0 spiro atoms. The molecule has 0 saturated heterocycles. The molecule has 4 heteroatoms. The molecule has 0 heterocycles. The van der Waals surface area contributed by atoms with Crippen LogP contribution in [0.15, 0.2) is 18.2 Å². The number of hydrogen-bond acceptors (Lipinski definition) is 3. The second-order valence-corrected chi connectivity index (χ2v) is 4.58. The third-order valence-corrected chi connectivity index (χ3v) is 2.72. The average Bonchev–Trinajstić information content (AvgIpc) is 2.35. The van der Waals surface area contributed by atoms with Crippen LogP contribution in [0.4, 0.5) is 4.39 Å². The van der Waals surface area contributed by atoms with Crippen molar-refractivity contribution in [1.82, 2.24) is 10.2 Å². The molecule has 0 amide bonds. The van der Waals surface area contributed by atoms with E-state index >= 15 is 0 Å². The van der Waals surface area contributed by atoms with Crippen molar-refractivity contribution in [2.45, 2.75) is 19.4 Å². The van der Waals surface area contributed by atoms with Crippen LogP contribution >= 0.6 is 0 Å². The number of hydrogen-bond donors (Lipinski definition) is 1. The van der Waals surface area contributed by atoms with E-state index in [0.29, 0.717) is 12.1 Å². The summed E-state index contributed by atoms with van der Waals surface area (Å²) in [6.45, 7) is 2.41. The van der Waals surface area contributed by atoms with E-state index in [1.165, 1.54) is 6.07 Å². The molecule has 0 fully saturated rings. The van der Waals surface area contributed by atoms with Gasteiger partial charge in [0.25, 0.3) is 0 Å². The summed E-state index contributed by atoms with van der Waals surface area (Å²) in [5.41, 5.74) is 0.670. The van der Waals surface area contributed by atoms with E-state index in [4.69, 9.17) is 5.26 Å². The van der Waals surface area contributed by atoms with Gasteiger partial charge in [0, 0.05) is 12.1 Å². The summed E-state index contributed by atoms with van der Waals surface area (Å²) in [5, 5.41) is 11.9. The Morgan fingerprint density at radius 1 is 1.33 bits per heavy atom. The lowest BCUT2D eigenvalue weighted by atomic mass is 10.1. The topological polar surface area (TPSA) is 39.1 Å². The first-order valence-corrected chi connectivity index (χ1v) is 6.18. The molecule has 0 atom stereocenters. The Labute approximate surface area is 108 Å². The summed E-state index contributed by atoms with van der Waals surface area (Å²) in [7, 11) is 4.10. The van der Waals surface area contributed by atoms with E-state index < -0.39 is 5.82 Å². The molecule has 0 aliphatic heterocycles. The maximum absolute atomic E-state index is 13.7. The summed E-state index contributed by atoms with van der Waals surface area (Å²) in [4.78, 5) is 2.15. The lowest BCUT2D eigenvalue weighted by molar-refractivity contribution is 0.391. The summed E-state index contributed by atoms with van der Waals surface area (Å²) in [6.07, 6.45) is 2.19. The molecule has 0 radical (unpaired) electrons. The van der Waals surface area contributed by atoms with Crippen molar-refractivity contribution >= 4 is 0 Å². The van der Waals surface area contributed by atoms with Gasteiger partial charge in [0.15, 0.2) is 0 Å². The zero-order valence-corrected chi connectivity index (χ0v) is 11.0. The number of benzene rings is 1. The normalized spacial score (nSPS) is 10.6. The van der Waals surface area contributed by atoms with Gasteiger partial charge in [-0.05, 0) is 46.1 Å². The smallest absolute Gasteiger partial charge is 0.145 e. The van der Waals surface area contributed by atoms with Gasteiger partial charge in [-0.25, -0.2) is 4.39 Å². The SMILES string of the molecule is CN(C)CCCCNCc1cccc(C#N)c1F. The molecule has 0 saturated carbocycles. The predicted octanol–water partition coefficient (Wildman–Crippen LogP) is 2.13. The van der Waals surface area contributed by atoms with E-state index in [1.54, 1.807) is 12.1 Å². The molecular formula is C14H20FN3. The van der Waals surface area contributed by atoms with Crippen LogP contribution in [0.25, 0.3) is 0 Å². The highest BCUT2D eigenvalue weighted by molar-refractivity contribution is 5.34. The van der Waals surface area contributed by atoms with Crippen molar-refractivity contribution in [3.05, 3.63) is 35.1 Å². The molecule has 0 unspecified atom stereocenters. The standard InChI is InChI=1S/C14H20FN3/c1-18(2)9-4-3-8-17-11-13-7-5-6-12(10-16)14(13)15/h5-7,17H,3-4,8-9,11H2,1-2H3. The third kappa shape index (κ3) is 4.82. The molecule has 0 aliphatic carbocycles. The third-order valence-electron chi connectivity index (χ3n) is 2.72. The first kappa shape index (κ1) is 14.6. The summed E-state index contributed by atoms with van der Waals surface area (Å²) < 4.78 is 13.7. The fraction of sp³-hybridized carbons (Fsp3) is 0.500. The number of halogens is 1. The maximum atomic E-state index is 13.7. The van der Waals surface area contributed by atoms with Crippen LogP contribution in [0.3, 0.4) is 0 Å². The van der Waals surface area contributed by atoms with Crippen LogP contribution in [0.2, 0.25) is 0 Å². The van der Waals surface area contributed by atoms with Crippen LogP contribution in [0, 0.1) is 17.1 Å².